The van der Waals surface area contributed by atoms with Crippen molar-refractivity contribution in [1.82, 2.24) is 0 Å². The number of halogens is 1. The molecule has 1 nitrogen and oxygen atoms in total. The van der Waals surface area contributed by atoms with Gasteiger partial charge in [0.15, 0.2) is 0 Å². The van der Waals surface area contributed by atoms with Gasteiger partial charge in [-0.1, -0.05) is 25.5 Å². The van der Waals surface area contributed by atoms with Gasteiger partial charge in [-0.3, -0.25) is 7.70 Å². The van der Waals surface area contributed by atoms with Crippen LogP contribution in [-0.2, 0) is 7.70 Å². The van der Waals surface area contributed by atoms with E-state index < -0.39 is 7.70 Å². The highest BCUT2D eigenvalue weighted by Crippen LogP contribution is 2.04. The fourth-order valence-electron chi connectivity index (χ4n) is 0.138. The van der Waals surface area contributed by atoms with Crippen molar-refractivity contribution < 1.29 is 0 Å². The predicted molar refractivity (Wildman–Crippen MR) is 42.9 cm³/mol. The maximum Gasteiger partial charge on any atom is -0.0668 e. The zero-order chi connectivity index (χ0) is 5.86. The van der Waals surface area contributed by atoms with E-state index in [1.54, 1.807) is 0 Å². The van der Waals surface area contributed by atoms with Crippen molar-refractivity contribution >= 4 is 28.9 Å². The van der Waals surface area contributed by atoms with E-state index in [1.165, 1.54) is 0 Å². The molecule has 0 spiro atoms. The van der Waals surface area contributed by atoms with Gasteiger partial charge in [0, 0.05) is 0 Å². The van der Waals surface area contributed by atoms with Gasteiger partial charge in [0.2, 0.25) is 0 Å². The van der Waals surface area contributed by atoms with Crippen LogP contribution in [0.1, 0.15) is 20.3 Å². The van der Waals surface area contributed by atoms with Crippen LogP contribution in [0.5, 0.6) is 0 Å². The summed E-state index contributed by atoms with van der Waals surface area (Å²) in [4.78, 5) is 0. The molecule has 44 valence electrons. The van der Waals surface area contributed by atoms with Crippen molar-refractivity contribution in [1.29, 1.82) is 4.61 Å². The van der Waals surface area contributed by atoms with E-state index in [0.29, 0.717) is 5.25 Å². The standard InChI is InChI=1S/C4H9INS/c1-3-4(2)7(5)6/h4H,3H2,1-2H3/q-1. The number of hydrogen-bond acceptors (Lipinski definition) is 2. The molecule has 0 aromatic rings. The van der Waals surface area contributed by atoms with Crippen LogP contribution in [0.25, 0.3) is 0 Å². The van der Waals surface area contributed by atoms with E-state index in [0.717, 1.165) is 6.42 Å². The first-order valence-electron chi connectivity index (χ1n) is 2.27. The lowest BCUT2D eigenvalue weighted by molar-refractivity contribution is 0.907. The highest BCUT2D eigenvalue weighted by molar-refractivity contribution is 14.2. The van der Waals surface area contributed by atoms with E-state index in [4.69, 9.17) is 4.61 Å². The van der Waals surface area contributed by atoms with Crippen LogP contribution < -0.4 is 0 Å². The van der Waals surface area contributed by atoms with Crippen molar-refractivity contribution in [2.45, 2.75) is 25.5 Å². The summed E-state index contributed by atoms with van der Waals surface area (Å²) < 4.78 is 8.84. The molecule has 1 unspecified atom stereocenters. The van der Waals surface area contributed by atoms with Crippen LogP contribution in [0.2, 0.25) is 0 Å². The molecule has 0 aliphatic carbocycles. The molecule has 0 heterocycles. The van der Waals surface area contributed by atoms with Gasteiger partial charge in [-0.2, -0.15) is 0 Å². The molecule has 0 aliphatic rings. The summed E-state index contributed by atoms with van der Waals surface area (Å²) in [5.41, 5.74) is 0. The Labute approximate surface area is 59.0 Å². The summed E-state index contributed by atoms with van der Waals surface area (Å²) in [6.07, 6.45) is 1.07. The smallest absolute Gasteiger partial charge is 0.0668 e. The molecule has 0 radical (unpaired) electrons. The lowest BCUT2D eigenvalue weighted by Gasteiger charge is -2.11. The number of nitrogens with zero attached hydrogens (tertiary/aromatic N) is 1. The molecule has 0 saturated heterocycles. The second kappa shape index (κ2) is 3.75. The number of rotatable bonds is 1. The fraction of sp³-hybridized carbons (Fsp3) is 1.00. The lowest BCUT2D eigenvalue weighted by atomic mass is 10.4. The monoisotopic (exact) mass is 230 g/mol. The first-order valence-corrected chi connectivity index (χ1v) is 6.05. The van der Waals surface area contributed by atoms with E-state index >= 15 is 0 Å². The van der Waals surface area contributed by atoms with Gasteiger partial charge < -0.3 is 4.61 Å². The Hall–Kier alpha value is 0.790. The second-order valence-corrected chi connectivity index (χ2v) is 5.52. The quantitative estimate of drug-likeness (QED) is 0.500. The molecule has 0 amide bonds. The summed E-state index contributed by atoms with van der Waals surface area (Å²) >= 11 is 2.05. The number of hydrogen-bond donors (Lipinski definition) is 0. The molecule has 7 heavy (non-hydrogen) atoms. The van der Waals surface area contributed by atoms with Gasteiger partial charge >= 0.3 is 0 Å². The molecule has 0 rings (SSSR count). The molecule has 0 bridgehead atoms. The SMILES string of the molecule is CCC(C)[S-](#N)I. The van der Waals surface area contributed by atoms with Crippen molar-refractivity contribution in [3.8, 4) is 0 Å². The minimum absolute atomic E-state index is 0.390. The summed E-state index contributed by atoms with van der Waals surface area (Å²) in [6, 6.07) is 0. The van der Waals surface area contributed by atoms with Crippen molar-refractivity contribution in [3.63, 3.8) is 0 Å². The van der Waals surface area contributed by atoms with Crippen LogP contribution in [-0.4, -0.2) is 5.25 Å². The summed E-state index contributed by atoms with van der Waals surface area (Å²) in [7, 11) is -0.390. The van der Waals surface area contributed by atoms with Gasteiger partial charge in [-0.05, 0) is 0 Å². The topological polar surface area (TPSA) is 23.8 Å². The third kappa shape index (κ3) is 3.38. The third-order valence-electron chi connectivity index (χ3n) is 0.907. The van der Waals surface area contributed by atoms with Crippen LogP contribution in [0.4, 0.5) is 0 Å². The Morgan fingerprint density at radius 3 is 2.29 bits per heavy atom. The highest BCUT2D eigenvalue weighted by atomic mass is 127. The zero-order valence-corrected chi connectivity index (χ0v) is 7.49. The zero-order valence-electron chi connectivity index (χ0n) is 4.52. The molecule has 0 aromatic heterocycles. The normalized spacial score (nSPS) is 14.7. The van der Waals surface area contributed by atoms with Crippen molar-refractivity contribution in [2.75, 3.05) is 0 Å². The van der Waals surface area contributed by atoms with Crippen LogP contribution in [0.15, 0.2) is 0 Å². The molecule has 0 aliphatic heterocycles. The largest absolute Gasteiger partial charge is 0.421 e. The van der Waals surface area contributed by atoms with E-state index in [9.17, 15) is 0 Å². The maximum atomic E-state index is 8.84. The van der Waals surface area contributed by atoms with Crippen molar-refractivity contribution in [2.24, 2.45) is 0 Å². The lowest BCUT2D eigenvalue weighted by Crippen LogP contribution is -1.97. The molecule has 0 fully saturated rings. The summed E-state index contributed by atoms with van der Waals surface area (Å²) in [6.45, 7) is 4.13. The minimum atomic E-state index is -0.390. The van der Waals surface area contributed by atoms with Gasteiger partial charge in [0.1, 0.15) is 0 Å². The van der Waals surface area contributed by atoms with Crippen LogP contribution in [0, 0.1) is 4.61 Å². The molecule has 0 saturated carbocycles. The summed E-state index contributed by atoms with van der Waals surface area (Å²) in [5, 5.41) is 0.473. The molecular weight excluding hydrogens is 221 g/mol. The Kier molecular flexibility index (Phi) is 4.17. The van der Waals surface area contributed by atoms with Gasteiger partial charge in [-0.15, -0.1) is 0 Å². The Morgan fingerprint density at radius 2 is 2.29 bits per heavy atom. The van der Waals surface area contributed by atoms with Crippen molar-refractivity contribution in [3.05, 3.63) is 0 Å². The maximum absolute atomic E-state index is 8.84. The molecule has 0 N–H and O–H groups in total. The minimum Gasteiger partial charge on any atom is -0.421 e. The van der Waals surface area contributed by atoms with Crippen LogP contribution in [0.3, 0.4) is 0 Å². The Balaban J connectivity index is 3.42. The summed E-state index contributed by atoms with van der Waals surface area (Å²) in [5.74, 6) is 0. The third-order valence-corrected chi connectivity index (χ3v) is 4.51. The molecule has 3 heteroatoms. The van der Waals surface area contributed by atoms with Gasteiger partial charge in [-0.25, -0.2) is 21.2 Å². The Morgan fingerprint density at radius 1 is 1.86 bits per heavy atom. The van der Waals surface area contributed by atoms with Gasteiger partial charge in [0.25, 0.3) is 0 Å². The highest BCUT2D eigenvalue weighted by Gasteiger charge is 1.84. The Bertz CT molecular complexity index is 104. The molecule has 1 atom stereocenters. The van der Waals surface area contributed by atoms with E-state index in [-0.39, 0.29) is 0 Å². The van der Waals surface area contributed by atoms with E-state index in [2.05, 4.69) is 35.1 Å². The second-order valence-electron chi connectivity index (χ2n) is 1.48. The van der Waals surface area contributed by atoms with Gasteiger partial charge in [0.05, 0.1) is 0 Å². The molecule has 0 aromatic carbocycles. The molecular formula is C4H9INS-. The first kappa shape index (κ1) is 7.79. The van der Waals surface area contributed by atoms with E-state index in [1.807, 2.05) is 0 Å². The average molecular weight is 230 g/mol. The average Bonchev–Trinajstić information content (AvgIpc) is 1.65. The first-order chi connectivity index (χ1) is 3.18. The van der Waals surface area contributed by atoms with Crippen LogP contribution >= 0.6 is 21.2 Å². The predicted octanol–water partition coefficient (Wildman–Crippen LogP) is 2.23. The fourth-order valence-corrected chi connectivity index (χ4v) is 1.49.